The van der Waals surface area contributed by atoms with E-state index in [1.165, 1.54) is 13.2 Å². The van der Waals surface area contributed by atoms with Gasteiger partial charge < -0.3 is 54.3 Å². The van der Waals surface area contributed by atoms with E-state index in [9.17, 15) is 30.6 Å². The summed E-state index contributed by atoms with van der Waals surface area (Å²) in [7, 11) is 1.40. The van der Waals surface area contributed by atoms with Gasteiger partial charge in [-0.05, 0) is 12.5 Å². The van der Waals surface area contributed by atoms with Gasteiger partial charge in [-0.15, -0.1) is 0 Å². The molecule has 11 nitrogen and oxygen atoms in total. The van der Waals surface area contributed by atoms with Crippen molar-refractivity contribution >= 4 is 23.2 Å². The van der Waals surface area contributed by atoms with E-state index in [-0.39, 0.29) is 28.2 Å². The Kier molecular flexibility index (Phi) is 8.45. The van der Waals surface area contributed by atoms with Crippen LogP contribution in [0.1, 0.15) is 5.56 Å². The first-order valence-electron chi connectivity index (χ1n) is 9.73. The SMILES string of the molecule is COc1cc(O[C@@H]2O[C@H](CO[C@@H]3OC[C@@H](O)[C@H](O)[C@H]3O)[C@@H](O)[C@H](O)[C@H]2O)c(Cl)c(C)c1Cl. The summed E-state index contributed by atoms with van der Waals surface area (Å²) in [5.74, 6) is 0.319. The molecule has 6 N–H and O–H groups in total. The molecule has 0 saturated carbocycles. The number of benzene rings is 1. The van der Waals surface area contributed by atoms with Crippen molar-refractivity contribution in [2.75, 3.05) is 20.3 Å². The lowest BCUT2D eigenvalue weighted by Crippen LogP contribution is -2.61. The highest BCUT2D eigenvalue weighted by Gasteiger charge is 2.46. The van der Waals surface area contributed by atoms with Crippen molar-refractivity contribution < 1.29 is 54.3 Å². The van der Waals surface area contributed by atoms with Gasteiger partial charge in [0.15, 0.2) is 6.29 Å². The van der Waals surface area contributed by atoms with Crippen LogP contribution in [-0.4, -0.2) is 106 Å². The van der Waals surface area contributed by atoms with Crippen molar-refractivity contribution in [3.05, 3.63) is 21.7 Å². The molecule has 2 aliphatic rings. The van der Waals surface area contributed by atoms with Gasteiger partial charge in [0.05, 0.1) is 30.4 Å². The zero-order chi connectivity index (χ0) is 23.7. The lowest BCUT2D eigenvalue weighted by atomic mass is 9.99. The minimum Gasteiger partial charge on any atom is -0.495 e. The monoisotopic (exact) mass is 500 g/mol. The maximum absolute atomic E-state index is 10.3. The first-order valence-corrected chi connectivity index (χ1v) is 10.5. The summed E-state index contributed by atoms with van der Waals surface area (Å²) in [4.78, 5) is 0. The third-order valence-electron chi connectivity index (χ3n) is 5.36. The molecular weight excluding hydrogens is 475 g/mol. The number of aliphatic hydroxyl groups excluding tert-OH is 6. The number of aliphatic hydroxyl groups is 6. The van der Waals surface area contributed by atoms with Gasteiger partial charge in [-0.25, -0.2) is 0 Å². The zero-order valence-corrected chi connectivity index (χ0v) is 18.7. The molecule has 0 radical (unpaired) electrons. The molecule has 9 atom stereocenters. The fourth-order valence-corrected chi connectivity index (χ4v) is 3.81. The summed E-state index contributed by atoms with van der Waals surface area (Å²) in [6.07, 6.45) is -13.2. The Balaban J connectivity index is 1.71. The van der Waals surface area contributed by atoms with Crippen LogP contribution >= 0.6 is 23.2 Å². The molecule has 2 fully saturated rings. The normalized spacial score (nSPS) is 37.9. The first kappa shape index (κ1) is 25.7. The molecule has 0 bridgehead atoms. The van der Waals surface area contributed by atoms with Crippen LogP contribution < -0.4 is 9.47 Å². The Morgan fingerprint density at radius 1 is 0.906 bits per heavy atom. The van der Waals surface area contributed by atoms with Gasteiger partial charge in [-0.2, -0.15) is 0 Å². The van der Waals surface area contributed by atoms with Gasteiger partial charge in [-0.1, -0.05) is 23.2 Å². The molecule has 1 aromatic carbocycles. The van der Waals surface area contributed by atoms with Crippen LogP contribution in [0.3, 0.4) is 0 Å². The molecule has 2 aliphatic heterocycles. The topological polar surface area (TPSA) is 168 Å². The molecule has 1 aromatic rings. The zero-order valence-electron chi connectivity index (χ0n) is 17.2. The Bertz CT molecular complexity index is 797. The lowest BCUT2D eigenvalue weighted by Gasteiger charge is -2.41. The number of rotatable bonds is 6. The predicted octanol–water partition coefficient (Wildman–Crippen LogP) is -1.05. The van der Waals surface area contributed by atoms with Crippen molar-refractivity contribution in [3.63, 3.8) is 0 Å². The molecule has 2 saturated heterocycles. The molecule has 0 aromatic heterocycles. The smallest absolute Gasteiger partial charge is 0.229 e. The van der Waals surface area contributed by atoms with Crippen LogP contribution in [0.2, 0.25) is 10.0 Å². The fraction of sp³-hybridized carbons (Fsp3) is 0.684. The van der Waals surface area contributed by atoms with Gasteiger partial charge in [0.1, 0.15) is 54.2 Å². The number of hydrogen-bond donors (Lipinski definition) is 6. The molecule has 0 aliphatic carbocycles. The summed E-state index contributed by atoms with van der Waals surface area (Å²) in [5, 5.41) is 60.4. The third kappa shape index (κ3) is 5.08. The van der Waals surface area contributed by atoms with Crippen LogP contribution in [-0.2, 0) is 14.2 Å². The molecular formula is C19H26Cl2O11. The molecule has 0 amide bonds. The largest absolute Gasteiger partial charge is 0.495 e. The number of ether oxygens (including phenoxy) is 5. The van der Waals surface area contributed by atoms with Gasteiger partial charge in [0.2, 0.25) is 6.29 Å². The standard InChI is InChI=1S/C19H26Cl2O11/c1-6-11(20)8(28-2)3-9(12(6)21)31-19-17(27)15(25)14(24)10(32-19)5-30-18-16(26)13(23)7(22)4-29-18/h3,7,10,13-19,22-27H,4-5H2,1-2H3/t7-,10-,13+,14-,15+,16-,17-,18+,19-/m1/s1. The number of halogens is 2. The lowest BCUT2D eigenvalue weighted by molar-refractivity contribution is -0.307. The van der Waals surface area contributed by atoms with Gasteiger partial charge in [0.25, 0.3) is 0 Å². The molecule has 182 valence electrons. The van der Waals surface area contributed by atoms with E-state index in [2.05, 4.69) is 0 Å². The summed E-state index contributed by atoms with van der Waals surface area (Å²) >= 11 is 12.4. The Morgan fingerprint density at radius 2 is 1.53 bits per heavy atom. The van der Waals surface area contributed by atoms with Crippen LogP contribution in [0.5, 0.6) is 11.5 Å². The Labute approximate surface area is 193 Å². The average Bonchev–Trinajstić information content (AvgIpc) is 2.78. The number of hydrogen-bond acceptors (Lipinski definition) is 11. The Hall–Kier alpha value is -0.960. The first-order chi connectivity index (χ1) is 15.1. The minimum atomic E-state index is -1.67. The summed E-state index contributed by atoms with van der Waals surface area (Å²) in [6, 6.07) is 1.38. The van der Waals surface area contributed by atoms with E-state index < -0.39 is 61.9 Å². The van der Waals surface area contributed by atoms with Crippen LogP contribution in [0.4, 0.5) is 0 Å². The summed E-state index contributed by atoms with van der Waals surface area (Å²) < 4.78 is 26.9. The quantitative estimate of drug-likeness (QED) is 0.282. The van der Waals surface area contributed by atoms with E-state index in [1.54, 1.807) is 6.92 Å². The third-order valence-corrected chi connectivity index (χ3v) is 6.30. The van der Waals surface area contributed by atoms with Crippen molar-refractivity contribution in [1.82, 2.24) is 0 Å². The van der Waals surface area contributed by atoms with Crippen molar-refractivity contribution in [3.8, 4) is 11.5 Å². The highest BCUT2D eigenvalue weighted by Crippen LogP contribution is 2.41. The highest BCUT2D eigenvalue weighted by molar-refractivity contribution is 6.37. The minimum absolute atomic E-state index is 0.0564. The van der Waals surface area contributed by atoms with E-state index in [0.29, 0.717) is 5.56 Å². The molecule has 0 spiro atoms. The Morgan fingerprint density at radius 3 is 2.19 bits per heavy atom. The van der Waals surface area contributed by atoms with Gasteiger partial charge in [-0.3, -0.25) is 0 Å². The molecule has 3 rings (SSSR count). The molecule has 2 heterocycles. The second-order valence-electron chi connectivity index (χ2n) is 7.55. The van der Waals surface area contributed by atoms with Crippen molar-refractivity contribution in [2.24, 2.45) is 0 Å². The fourth-order valence-electron chi connectivity index (χ4n) is 3.34. The van der Waals surface area contributed by atoms with Gasteiger partial charge in [0, 0.05) is 6.07 Å². The van der Waals surface area contributed by atoms with Crippen molar-refractivity contribution in [1.29, 1.82) is 0 Å². The van der Waals surface area contributed by atoms with Crippen LogP contribution in [0, 0.1) is 6.92 Å². The van der Waals surface area contributed by atoms with Crippen LogP contribution in [0.15, 0.2) is 6.07 Å². The summed E-state index contributed by atoms with van der Waals surface area (Å²) in [6.45, 7) is 0.945. The highest BCUT2D eigenvalue weighted by atomic mass is 35.5. The van der Waals surface area contributed by atoms with E-state index in [4.69, 9.17) is 46.9 Å². The van der Waals surface area contributed by atoms with Crippen LogP contribution in [0.25, 0.3) is 0 Å². The summed E-state index contributed by atoms with van der Waals surface area (Å²) in [5.41, 5.74) is 0.456. The van der Waals surface area contributed by atoms with E-state index >= 15 is 0 Å². The molecule has 32 heavy (non-hydrogen) atoms. The molecule has 13 heteroatoms. The van der Waals surface area contributed by atoms with E-state index in [1.807, 2.05) is 0 Å². The maximum Gasteiger partial charge on any atom is 0.229 e. The second kappa shape index (κ2) is 10.5. The number of methoxy groups -OCH3 is 1. The van der Waals surface area contributed by atoms with Gasteiger partial charge >= 0.3 is 0 Å². The van der Waals surface area contributed by atoms with Crippen molar-refractivity contribution in [2.45, 2.75) is 62.2 Å². The average molecular weight is 501 g/mol. The maximum atomic E-state index is 10.3. The van der Waals surface area contributed by atoms with E-state index in [0.717, 1.165) is 0 Å². The second-order valence-corrected chi connectivity index (χ2v) is 8.30. The molecule has 0 unspecified atom stereocenters. The predicted molar refractivity (Wildman–Crippen MR) is 109 cm³/mol.